The van der Waals surface area contributed by atoms with Gasteiger partial charge in [-0.2, -0.15) is 0 Å². The van der Waals surface area contributed by atoms with Gasteiger partial charge in [-0.25, -0.2) is 0 Å². The van der Waals surface area contributed by atoms with E-state index >= 15 is 0 Å². The molecular weight excluding hydrogens is 284 g/mol. The van der Waals surface area contributed by atoms with Crippen molar-refractivity contribution in [3.8, 4) is 0 Å². The van der Waals surface area contributed by atoms with Crippen LogP contribution in [0.25, 0.3) is 0 Å². The summed E-state index contributed by atoms with van der Waals surface area (Å²) in [4.78, 5) is 2.68. The minimum absolute atomic E-state index is 1.34. The summed E-state index contributed by atoms with van der Waals surface area (Å²) in [6.45, 7) is 4.85. The molecule has 0 amide bonds. The molecule has 0 aliphatic heterocycles. The molecule has 0 aliphatic carbocycles. The Balaban J connectivity index is 2.33. The normalized spacial score (nSPS) is 11.6. The van der Waals surface area contributed by atoms with Crippen molar-refractivity contribution in [2.75, 3.05) is 12.5 Å². The van der Waals surface area contributed by atoms with E-state index < -0.39 is 8.07 Å². The number of hydrogen-bond acceptors (Lipinski definition) is 2. The fourth-order valence-corrected chi connectivity index (χ4v) is 5.33. The molecule has 19 heavy (non-hydrogen) atoms. The van der Waals surface area contributed by atoms with Crippen LogP contribution in [0, 0.1) is 0 Å². The number of benzene rings is 2. The van der Waals surface area contributed by atoms with Crippen molar-refractivity contribution in [1.82, 2.24) is 0 Å². The van der Waals surface area contributed by atoms with Gasteiger partial charge in [-0.05, 0) is 36.8 Å². The molecule has 2 rings (SSSR count). The van der Waals surface area contributed by atoms with Crippen LogP contribution in [0.15, 0.2) is 58.3 Å². The highest BCUT2D eigenvalue weighted by atomic mass is 32.2. The molecule has 0 fully saturated rings. The third kappa shape index (κ3) is 3.27. The van der Waals surface area contributed by atoms with E-state index in [9.17, 15) is 0 Å². The lowest BCUT2D eigenvalue weighted by atomic mass is 10.3. The largest absolute Gasteiger partial charge is 0.130 e. The van der Waals surface area contributed by atoms with E-state index in [1.165, 1.54) is 20.2 Å². The Bertz CT molecular complexity index is 480. The minimum atomic E-state index is -1.55. The highest BCUT2D eigenvalue weighted by molar-refractivity contribution is 7.98. The first-order chi connectivity index (χ1) is 9.07. The number of rotatable bonds is 4. The maximum atomic E-state index is 2.43. The van der Waals surface area contributed by atoms with E-state index in [2.05, 4.69) is 74.1 Å². The Hall–Kier alpha value is -0.643. The fraction of sp³-hybridized carbons (Fsp3) is 0.250. The lowest BCUT2D eigenvalue weighted by molar-refractivity contribution is 1.47. The molecule has 0 N–H and O–H groups in total. The topological polar surface area (TPSA) is 0 Å². The van der Waals surface area contributed by atoms with Gasteiger partial charge in [0.15, 0.2) is 0 Å². The summed E-state index contributed by atoms with van der Waals surface area (Å²) in [5.74, 6) is 0. The van der Waals surface area contributed by atoms with Crippen molar-refractivity contribution in [2.24, 2.45) is 0 Å². The van der Waals surface area contributed by atoms with E-state index in [4.69, 9.17) is 0 Å². The Kier molecular flexibility index (Phi) is 4.82. The summed E-state index contributed by atoms with van der Waals surface area (Å²) in [6, 6.07) is 18.2. The van der Waals surface area contributed by atoms with Gasteiger partial charge in [0.1, 0.15) is 8.07 Å². The predicted molar refractivity (Wildman–Crippen MR) is 93.2 cm³/mol. The highest BCUT2D eigenvalue weighted by Crippen LogP contribution is 2.16. The zero-order valence-electron chi connectivity index (χ0n) is 11.9. The van der Waals surface area contributed by atoms with Gasteiger partial charge in [-0.3, -0.25) is 0 Å². The molecular formula is C16H20S2Si. The first-order valence-electron chi connectivity index (χ1n) is 6.37. The molecule has 3 heteroatoms. The van der Waals surface area contributed by atoms with Gasteiger partial charge in [-0.15, -0.1) is 23.5 Å². The molecule has 0 radical (unpaired) electrons. The summed E-state index contributed by atoms with van der Waals surface area (Å²) in [6.07, 6.45) is 4.25. The number of hydrogen-bond donors (Lipinski definition) is 0. The molecule has 2 aromatic carbocycles. The molecule has 2 aromatic rings. The first kappa shape index (κ1) is 14.8. The third-order valence-electron chi connectivity index (χ3n) is 3.62. The van der Waals surface area contributed by atoms with Crippen molar-refractivity contribution < 1.29 is 0 Å². The Morgan fingerprint density at radius 1 is 0.632 bits per heavy atom. The van der Waals surface area contributed by atoms with Gasteiger partial charge in [0.25, 0.3) is 0 Å². The van der Waals surface area contributed by atoms with E-state index in [0.29, 0.717) is 0 Å². The highest BCUT2D eigenvalue weighted by Gasteiger charge is 2.25. The molecule has 0 saturated heterocycles. The summed E-state index contributed by atoms with van der Waals surface area (Å²) in [7, 11) is -1.55. The van der Waals surface area contributed by atoms with Crippen molar-refractivity contribution in [3.63, 3.8) is 0 Å². The maximum absolute atomic E-state index is 2.43. The Labute approximate surface area is 126 Å². The van der Waals surface area contributed by atoms with Gasteiger partial charge in [0, 0.05) is 9.79 Å². The minimum Gasteiger partial charge on any atom is -0.130 e. The second-order valence-electron chi connectivity index (χ2n) is 5.08. The van der Waals surface area contributed by atoms with Crippen molar-refractivity contribution in [1.29, 1.82) is 0 Å². The van der Waals surface area contributed by atoms with Gasteiger partial charge >= 0.3 is 0 Å². The average Bonchev–Trinajstić information content (AvgIpc) is 2.47. The zero-order chi connectivity index (χ0) is 13.9. The molecule has 0 nitrogen and oxygen atoms in total. The summed E-state index contributed by atoms with van der Waals surface area (Å²) in [5, 5.41) is 3.00. The SMILES string of the molecule is CSc1ccc([Si](C)(C)c2ccc(SC)cc2)cc1. The van der Waals surface area contributed by atoms with Crippen LogP contribution in [0.1, 0.15) is 0 Å². The lowest BCUT2D eigenvalue weighted by Crippen LogP contribution is -2.52. The Morgan fingerprint density at radius 2 is 0.947 bits per heavy atom. The van der Waals surface area contributed by atoms with Crippen LogP contribution in [0.5, 0.6) is 0 Å². The van der Waals surface area contributed by atoms with Crippen LogP contribution in [-0.4, -0.2) is 20.6 Å². The molecule has 0 bridgehead atoms. The van der Waals surface area contributed by atoms with E-state index in [1.54, 1.807) is 23.5 Å². The Morgan fingerprint density at radius 3 is 1.21 bits per heavy atom. The van der Waals surface area contributed by atoms with Crippen molar-refractivity contribution >= 4 is 42.0 Å². The second-order valence-corrected chi connectivity index (χ2v) is 11.2. The van der Waals surface area contributed by atoms with Gasteiger partial charge < -0.3 is 0 Å². The van der Waals surface area contributed by atoms with Crippen LogP contribution in [0.3, 0.4) is 0 Å². The summed E-state index contributed by atoms with van der Waals surface area (Å²) >= 11 is 3.60. The number of thioether (sulfide) groups is 2. The van der Waals surface area contributed by atoms with Crippen LogP contribution in [0.2, 0.25) is 13.1 Å². The van der Waals surface area contributed by atoms with Crippen LogP contribution in [-0.2, 0) is 0 Å². The van der Waals surface area contributed by atoms with Crippen molar-refractivity contribution in [3.05, 3.63) is 48.5 Å². The van der Waals surface area contributed by atoms with Crippen LogP contribution in [0.4, 0.5) is 0 Å². The third-order valence-corrected chi connectivity index (χ3v) is 8.66. The van der Waals surface area contributed by atoms with E-state index in [1.807, 2.05) is 0 Å². The second kappa shape index (κ2) is 6.20. The zero-order valence-corrected chi connectivity index (χ0v) is 14.6. The summed E-state index contributed by atoms with van der Waals surface area (Å²) in [5.41, 5.74) is 0. The van der Waals surface area contributed by atoms with E-state index in [0.717, 1.165) is 0 Å². The van der Waals surface area contributed by atoms with Crippen LogP contribution < -0.4 is 10.4 Å². The molecule has 0 aromatic heterocycles. The smallest absolute Gasteiger partial charge is 0.112 e. The average molecular weight is 305 g/mol. The molecule has 0 atom stereocenters. The first-order valence-corrected chi connectivity index (χ1v) is 11.8. The lowest BCUT2D eigenvalue weighted by Gasteiger charge is -2.24. The van der Waals surface area contributed by atoms with Gasteiger partial charge in [0.2, 0.25) is 0 Å². The molecule has 0 saturated carbocycles. The molecule has 100 valence electrons. The molecule has 0 unspecified atom stereocenters. The van der Waals surface area contributed by atoms with Crippen molar-refractivity contribution in [2.45, 2.75) is 22.9 Å². The summed E-state index contributed by atoms with van der Waals surface area (Å²) < 4.78 is 0. The fourth-order valence-electron chi connectivity index (χ4n) is 2.18. The van der Waals surface area contributed by atoms with Gasteiger partial charge in [-0.1, -0.05) is 47.7 Å². The quantitative estimate of drug-likeness (QED) is 0.619. The monoisotopic (exact) mass is 304 g/mol. The molecule has 0 spiro atoms. The maximum Gasteiger partial charge on any atom is 0.112 e. The standard InChI is InChI=1S/C16H20S2Si/c1-17-13-5-9-15(10-6-13)19(3,4)16-11-7-14(18-2)8-12-16/h5-12H,1-4H3. The van der Waals surface area contributed by atoms with E-state index in [-0.39, 0.29) is 0 Å². The molecule has 0 aliphatic rings. The van der Waals surface area contributed by atoms with Gasteiger partial charge in [0.05, 0.1) is 0 Å². The predicted octanol–water partition coefficient (Wildman–Crippen LogP) is 3.95. The van der Waals surface area contributed by atoms with Crippen LogP contribution >= 0.6 is 23.5 Å². The molecule has 0 heterocycles.